The molecule has 1 N–H and O–H groups in total. The minimum absolute atomic E-state index is 0.0827. The third-order valence-electron chi connectivity index (χ3n) is 3.09. The van der Waals surface area contributed by atoms with Crippen molar-refractivity contribution in [3.63, 3.8) is 0 Å². The first-order valence-electron chi connectivity index (χ1n) is 6.40. The maximum atomic E-state index is 11.9. The fraction of sp³-hybridized carbons (Fsp3) is 0.500. The topological polar surface area (TPSA) is 89.9 Å². The molecule has 0 fully saturated rings. The summed E-state index contributed by atoms with van der Waals surface area (Å²) in [5.74, 6) is -2.47. The molecule has 1 aliphatic rings. The Morgan fingerprint density at radius 3 is 2.60 bits per heavy atom. The average molecular weight is 282 g/mol. The molecule has 0 aromatic carbocycles. The third kappa shape index (κ3) is 4.22. The molecule has 1 unspecified atom stereocenters. The lowest BCUT2D eigenvalue weighted by atomic mass is 9.84. The molecule has 1 aliphatic carbocycles. The first-order chi connectivity index (χ1) is 9.47. The lowest BCUT2D eigenvalue weighted by Crippen LogP contribution is -2.24. The van der Waals surface area contributed by atoms with Gasteiger partial charge in [-0.1, -0.05) is 13.5 Å². The summed E-state index contributed by atoms with van der Waals surface area (Å²) in [5, 5.41) is 9.11. The summed E-state index contributed by atoms with van der Waals surface area (Å²) in [6, 6.07) is 0. The van der Waals surface area contributed by atoms with Gasteiger partial charge >= 0.3 is 17.9 Å². The summed E-state index contributed by atoms with van der Waals surface area (Å²) < 4.78 is 9.62. The van der Waals surface area contributed by atoms with E-state index >= 15 is 0 Å². The summed E-state index contributed by atoms with van der Waals surface area (Å²) in [4.78, 5) is 33.8. The Kier molecular flexibility index (Phi) is 5.96. The number of carboxylic acids is 1. The standard InChI is InChI=1S/C14H18O6/c1-3-11(15)19-7-8-20-14(18)12-9(2)5-4-6-10(12)13(16)17/h3,9H,1,4-8H2,2H3,(H,16,17). The van der Waals surface area contributed by atoms with Crippen LogP contribution in [0, 0.1) is 5.92 Å². The van der Waals surface area contributed by atoms with Crippen molar-refractivity contribution in [2.24, 2.45) is 5.92 Å². The van der Waals surface area contributed by atoms with Crippen LogP contribution in [0.2, 0.25) is 0 Å². The number of aliphatic carboxylic acids is 1. The highest BCUT2D eigenvalue weighted by Crippen LogP contribution is 2.30. The maximum absolute atomic E-state index is 11.9. The molecule has 0 amide bonds. The SMILES string of the molecule is C=CC(=O)OCCOC(=O)C1=C(C(=O)O)CCCC1C. The maximum Gasteiger partial charge on any atom is 0.334 e. The first-order valence-corrected chi connectivity index (χ1v) is 6.40. The molecule has 6 nitrogen and oxygen atoms in total. The third-order valence-corrected chi connectivity index (χ3v) is 3.09. The second kappa shape index (κ2) is 7.47. The van der Waals surface area contributed by atoms with Gasteiger partial charge in [-0.25, -0.2) is 14.4 Å². The molecule has 0 spiro atoms. The average Bonchev–Trinajstić information content (AvgIpc) is 2.42. The lowest BCUT2D eigenvalue weighted by Gasteiger charge is -2.22. The van der Waals surface area contributed by atoms with E-state index in [1.54, 1.807) is 6.92 Å². The number of hydrogen-bond donors (Lipinski definition) is 1. The van der Waals surface area contributed by atoms with E-state index in [-0.39, 0.29) is 30.3 Å². The van der Waals surface area contributed by atoms with E-state index in [0.717, 1.165) is 18.9 Å². The Hall–Kier alpha value is -2.11. The molecular weight excluding hydrogens is 264 g/mol. The van der Waals surface area contributed by atoms with Gasteiger partial charge in [0.05, 0.1) is 5.57 Å². The molecule has 0 aliphatic heterocycles. The fourth-order valence-electron chi connectivity index (χ4n) is 2.12. The van der Waals surface area contributed by atoms with E-state index in [2.05, 4.69) is 11.3 Å². The van der Waals surface area contributed by atoms with Gasteiger partial charge in [0.1, 0.15) is 13.2 Å². The lowest BCUT2D eigenvalue weighted by molar-refractivity contribution is -0.147. The van der Waals surface area contributed by atoms with E-state index in [9.17, 15) is 14.4 Å². The van der Waals surface area contributed by atoms with E-state index in [1.165, 1.54) is 0 Å². The van der Waals surface area contributed by atoms with Crippen molar-refractivity contribution in [2.45, 2.75) is 26.2 Å². The van der Waals surface area contributed by atoms with Gasteiger partial charge < -0.3 is 14.6 Å². The molecule has 6 heteroatoms. The molecule has 20 heavy (non-hydrogen) atoms. The Morgan fingerprint density at radius 2 is 2.00 bits per heavy atom. The monoisotopic (exact) mass is 282 g/mol. The fourth-order valence-corrected chi connectivity index (χ4v) is 2.12. The molecule has 1 rings (SSSR count). The van der Waals surface area contributed by atoms with Crippen LogP contribution < -0.4 is 0 Å². The quantitative estimate of drug-likeness (QED) is 0.450. The zero-order valence-electron chi connectivity index (χ0n) is 11.4. The minimum Gasteiger partial charge on any atom is -0.478 e. The number of hydrogen-bond acceptors (Lipinski definition) is 5. The Labute approximate surface area is 117 Å². The van der Waals surface area contributed by atoms with Crippen molar-refractivity contribution in [1.82, 2.24) is 0 Å². The van der Waals surface area contributed by atoms with Crippen molar-refractivity contribution in [2.75, 3.05) is 13.2 Å². The van der Waals surface area contributed by atoms with E-state index < -0.39 is 17.9 Å². The van der Waals surface area contributed by atoms with Crippen molar-refractivity contribution in [3.05, 3.63) is 23.8 Å². The second-order valence-electron chi connectivity index (χ2n) is 4.50. The number of carbonyl (C=O) groups excluding carboxylic acids is 2. The number of ether oxygens (including phenoxy) is 2. The van der Waals surface area contributed by atoms with Crippen LogP contribution in [0.15, 0.2) is 23.8 Å². The summed E-state index contributed by atoms with van der Waals surface area (Å²) in [6.07, 6.45) is 2.88. The molecule has 0 radical (unpaired) electrons. The van der Waals surface area contributed by atoms with E-state index in [4.69, 9.17) is 9.84 Å². The van der Waals surface area contributed by atoms with Gasteiger partial charge in [-0.3, -0.25) is 0 Å². The zero-order valence-corrected chi connectivity index (χ0v) is 11.4. The van der Waals surface area contributed by atoms with Crippen molar-refractivity contribution >= 4 is 17.9 Å². The van der Waals surface area contributed by atoms with Crippen LogP contribution in [-0.2, 0) is 23.9 Å². The molecule has 0 saturated heterocycles. The van der Waals surface area contributed by atoms with Crippen LogP contribution in [0.1, 0.15) is 26.2 Å². The van der Waals surface area contributed by atoms with Crippen LogP contribution in [0.5, 0.6) is 0 Å². The van der Waals surface area contributed by atoms with Crippen LogP contribution in [0.3, 0.4) is 0 Å². The first kappa shape index (κ1) is 15.9. The van der Waals surface area contributed by atoms with Crippen molar-refractivity contribution in [3.8, 4) is 0 Å². The molecule has 0 saturated carbocycles. The highest BCUT2D eigenvalue weighted by molar-refractivity contribution is 6.00. The molecule has 110 valence electrons. The molecule has 0 aromatic rings. The predicted molar refractivity (Wildman–Crippen MR) is 69.8 cm³/mol. The van der Waals surface area contributed by atoms with Gasteiger partial charge in [-0.2, -0.15) is 0 Å². The molecule has 0 bridgehead atoms. The molecule has 0 aromatic heterocycles. The minimum atomic E-state index is -1.08. The summed E-state index contributed by atoms with van der Waals surface area (Å²) in [5.41, 5.74) is 0.343. The smallest absolute Gasteiger partial charge is 0.334 e. The van der Waals surface area contributed by atoms with Crippen LogP contribution in [-0.4, -0.2) is 36.2 Å². The molecule has 1 atom stereocenters. The van der Waals surface area contributed by atoms with Gasteiger partial charge in [0.2, 0.25) is 0 Å². The highest BCUT2D eigenvalue weighted by atomic mass is 16.6. The predicted octanol–water partition coefficient (Wildman–Crippen LogP) is 1.46. The van der Waals surface area contributed by atoms with Gasteiger partial charge in [0.25, 0.3) is 0 Å². The van der Waals surface area contributed by atoms with Crippen LogP contribution in [0.4, 0.5) is 0 Å². The van der Waals surface area contributed by atoms with Gasteiger partial charge in [0, 0.05) is 11.6 Å². The number of carbonyl (C=O) groups is 3. The molecule has 0 heterocycles. The Balaban J connectivity index is 2.61. The van der Waals surface area contributed by atoms with Crippen LogP contribution in [0.25, 0.3) is 0 Å². The van der Waals surface area contributed by atoms with Crippen molar-refractivity contribution < 1.29 is 29.0 Å². The largest absolute Gasteiger partial charge is 0.478 e. The second-order valence-corrected chi connectivity index (χ2v) is 4.50. The summed E-state index contributed by atoms with van der Waals surface area (Å²) in [7, 11) is 0. The number of rotatable bonds is 6. The van der Waals surface area contributed by atoms with Gasteiger partial charge in [-0.05, 0) is 25.2 Å². The van der Waals surface area contributed by atoms with Gasteiger partial charge in [-0.15, -0.1) is 0 Å². The summed E-state index contributed by atoms with van der Waals surface area (Å²) >= 11 is 0. The molecular formula is C14H18O6. The van der Waals surface area contributed by atoms with Gasteiger partial charge in [0.15, 0.2) is 0 Å². The van der Waals surface area contributed by atoms with Crippen molar-refractivity contribution in [1.29, 1.82) is 0 Å². The summed E-state index contributed by atoms with van der Waals surface area (Å²) in [6.45, 7) is 4.84. The zero-order chi connectivity index (χ0) is 15.1. The Morgan fingerprint density at radius 1 is 1.35 bits per heavy atom. The van der Waals surface area contributed by atoms with E-state index in [0.29, 0.717) is 6.42 Å². The van der Waals surface area contributed by atoms with E-state index in [1.807, 2.05) is 0 Å². The normalized spacial score (nSPS) is 18.4. The number of carboxylic acid groups (broad SMARTS) is 1. The van der Waals surface area contributed by atoms with Crippen LogP contribution >= 0.6 is 0 Å². The Bertz CT molecular complexity index is 449. The highest BCUT2D eigenvalue weighted by Gasteiger charge is 2.29. The number of esters is 2.